The van der Waals surface area contributed by atoms with Gasteiger partial charge in [-0.3, -0.25) is 5.41 Å². The summed E-state index contributed by atoms with van der Waals surface area (Å²) in [4.78, 5) is 4.76. The van der Waals surface area contributed by atoms with Crippen LogP contribution in [0.3, 0.4) is 0 Å². The summed E-state index contributed by atoms with van der Waals surface area (Å²) in [6.07, 6.45) is 14.6. The van der Waals surface area contributed by atoms with Crippen molar-refractivity contribution in [1.29, 1.82) is 5.41 Å². The lowest BCUT2D eigenvalue weighted by Crippen LogP contribution is -2.37. The summed E-state index contributed by atoms with van der Waals surface area (Å²) in [5.74, 6) is 1.75. The lowest BCUT2D eigenvalue weighted by molar-refractivity contribution is 0.303. The number of hydrogen-bond donors (Lipinski definition) is 1. The molecule has 3 nitrogen and oxygen atoms in total. The second kappa shape index (κ2) is 11.0. The van der Waals surface area contributed by atoms with Crippen LogP contribution in [0.15, 0.2) is 42.5 Å². The van der Waals surface area contributed by atoms with Gasteiger partial charge in [-0.05, 0) is 41.5 Å². The fourth-order valence-corrected chi connectivity index (χ4v) is 5.72. The number of nitrogens with one attached hydrogen (secondary N) is 1. The van der Waals surface area contributed by atoms with Crippen LogP contribution in [0.5, 0.6) is 0 Å². The first-order valence-electron chi connectivity index (χ1n) is 12.8. The molecule has 1 N–H and O–H groups in total. The van der Waals surface area contributed by atoms with Gasteiger partial charge in [0, 0.05) is 19.6 Å². The topological polar surface area (TPSA) is 30.3 Å². The minimum Gasteiger partial charge on any atom is -0.341 e. The summed E-state index contributed by atoms with van der Waals surface area (Å²) < 4.78 is 0. The highest BCUT2D eigenvalue weighted by atomic mass is 15.4. The van der Waals surface area contributed by atoms with Crippen molar-refractivity contribution in [2.75, 3.05) is 19.6 Å². The fraction of sp³-hybridized carbons (Fsp3) is 0.607. The fourth-order valence-electron chi connectivity index (χ4n) is 5.72. The molecule has 1 aliphatic heterocycles. The summed E-state index contributed by atoms with van der Waals surface area (Å²) >= 11 is 0. The molecule has 2 fully saturated rings. The van der Waals surface area contributed by atoms with E-state index in [2.05, 4.69) is 59.2 Å². The largest absolute Gasteiger partial charge is 0.341 e. The van der Waals surface area contributed by atoms with Gasteiger partial charge in [0.05, 0.1) is 6.04 Å². The van der Waals surface area contributed by atoms with E-state index in [1.54, 1.807) is 0 Å². The average molecular weight is 420 g/mol. The van der Waals surface area contributed by atoms with Crippen molar-refractivity contribution in [3.8, 4) is 0 Å². The summed E-state index contributed by atoms with van der Waals surface area (Å²) in [5.41, 5.74) is 1.43. The molecule has 1 atom stereocenters. The maximum atomic E-state index is 8.88. The molecule has 1 heterocycles. The van der Waals surface area contributed by atoms with Crippen molar-refractivity contribution < 1.29 is 0 Å². The molecule has 168 valence electrons. The number of nitrogens with zero attached hydrogens (tertiary/aromatic N) is 2. The van der Waals surface area contributed by atoms with E-state index in [1.807, 2.05) is 0 Å². The van der Waals surface area contributed by atoms with Crippen LogP contribution >= 0.6 is 0 Å². The van der Waals surface area contributed by atoms with E-state index in [1.165, 1.54) is 80.5 Å². The third-order valence-corrected chi connectivity index (χ3v) is 7.55. The molecule has 1 unspecified atom stereocenters. The Kier molecular flexibility index (Phi) is 7.88. The lowest BCUT2D eigenvalue weighted by Gasteiger charge is -2.27. The standard InChI is InChI=1S/C28H41N3/c1-2-3-19-30-22-26(21-25-17-11-16-24-15-7-8-18-27(24)25)31(28(30)29)20-10-9-14-23-12-5-4-6-13-23/h7-8,11,15-18,23,26,29H,2-6,9-10,12-14,19-22H2,1H3. The van der Waals surface area contributed by atoms with Crippen LogP contribution < -0.4 is 0 Å². The van der Waals surface area contributed by atoms with Gasteiger partial charge in [-0.15, -0.1) is 0 Å². The van der Waals surface area contributed by atoms with Crippen molar-refractivity contribution in [2.45, 2.75) is 83.6 Å². The summed E-state index contributed by atoms with van der Waals surface area (Å²) in [5, 5.41) is 11.6. The molecule has 1 saturated heterocycles. The van der Waals surface area contributed by atoms with E-state index < -0.39 is 0 Å². The van der Waals surface area contributed by atoms with Gasteiger partial charge in [0.1, 0.15) is 0 Å². The Bertz CT molecular complexity index is 834. The molecule has 1 aliphatic carbocycles. The van der Waals surface area contributed by atoms with Gasteiger partial charge in [-0.1, -0.05) is 101 Å². The van der Waals surface area contributed by atoms with Crippen LogP contribution in [-0.2, 0) is 6.42 Å². The van der Waals surface area contributed by atoms with Gasteiger partial charge < -0.3 is 9.80 Å². The molecule has 2 aromatic rings. The third-order valence-electron chi connectivity index (χ3n) is 7.55. The van der Waals surface area contributed by atoms with E-state index in [9.17, 15) is 0 Å². The Morgan fingerprint density at radius 1 is 0.903 bits per heavy atom. The molecular formula is C28H41N3. The Hall–Kier alpha value is -2.03. The lowest BCUT2D eigenvalue weighted by atomic mass is 9.86. The van der Waals surface area contributed by atoms with Gasteiger partial charge in [0.2, 0.25) is 0 Å². The molecule has 31 heavy (non-hydrogen) atoms. The molecule has 0 bridgehead atoms. The van der Waals surface area contributed by atoms with E-state index in [0.717, 1.165) is 37.9 Å². The summed E-state index contributed by atoms with van der Waals surface area (Å²) in [6.45, 7) is 5.32. The predicted octanol–water partition coefficient (Wildman–Crippen LogP) is 6.85. The molecule has 0 amide bonds. The van der Waals surface area contributed by atoms with E-state index in [-0.39, 0.29) is 0 Å². The highest BCUT2D eigenvalue weighted by Crippen LogP contribution is 2.29. The van der Waals surface area contributed by atoms with Crippen LogP contribution in [0.2, 0.25) is 0 Å². The quantitative estimate of drug-likeness (QED) is 0.427. The Labute approximate surface area is 189 Å². The van der Waals surface area contributed by atoms with Crippen molar-refractivity contribution in [3.63, 3.8) is 0 Å². The van der Waals surface area contributed by atoms with Crippen molar-refractivity contribution in [2.24, 2.45) is 5.92 Å². The molecule has 2 aromatic carbocycles. The maximum absolute atomic E-state index is 8.88. The number of benzene rings is 2. The zero-order valence-electron chi connectivity index (χ0n) is 19.5. The second-order valence-electron chi connectivity index (χ2n) is 9.81. The summed E-state index contributed by atoms with van der Waals surface area (Å²) in [7, 11) is 0. The summed E-state index contributed by atoms with van der Waals surface area (Å²) in [6, 6.07) is 15.9. The first kappa shape index (κ1) is 22.2. The van der Waals surface area contributed by atoms with Gasteiger partial charge in [-0.25, -0.2) is 0 Å². The van der Waals surface area contributed by atoms with E-state index in [4.69, 9.17) is 5.41 Å². The molecule has 0 radical (unpaired) electrons. The van der Waals surface area contributed by atoms with Gasteiger partial charge in [0.15, 0.2) is 5.96 Å². The molecular weight excluding hydrogens is 378 g/mol. The molecule has 2 aliphatic rings. The highest BCUT2D eigenvalue weighted by molar-refractivity contribution is 5.86. The smallest absolute Gasteiger partial charge is 0.194 e. The number of unbranched alkanes of at least 4 members (excludes halogenated alkanes) is 2. The number of rotatable bonds is 10. The maximum Gasteiger partial charge on any atom is 0.194 e. The Morgan fingerprint density at radius 2 is 1.71 bits per heavy atom. The number of guanidine groups is 1. The molecule has 1 saturated carbocycles. The van der Waals surface area contributed by atoms with E-state index >= 15 is 0 Å². The first-order chi connectivity index (χ1) is 15.3. The molecule has 0 aromatic heterocycles. The van der Waals surface area contributed by atoms with Crippen LogP contribution in [0.25, 0.3) is 10.8 Å². The average Bonchev–Trinajstić information content (AvgIpc) is 3.10. The molecule has 0 spiro atoms. The minimum absolute atomic E-state index is 0.421. The van der Waals surface area contributed by atoms with Crippen molar-refractivity contribution in [1.82, 2.24) is 9.80 Å². The minimum atomic E-state index is 0.421. The molecule has 4 rings (SSSR count). The van der Waals surface area contributed by atoms with Gasteiger partial charge >= 0.3 is 0 Å². The van der Waals surface area contributed by atoms with Crippen LogP contribution in [-0.4, -0.2) is 41.4 Å². The van der Waals surface area contributed by atoms with E-state index in [0.29, 0.717) is 6.04 Å². The molecule has 3 heteroatoms. The van der Waals surface area contributed by atoms with Crippen LogP contribution in [0.1, 0.15) is 76.7 Å². The van der Waals surface area contributed by atoms with Crippen molar-refractivity contribution >= 4 is 16.7 Å². The number of hydrogen-bond acceptors (Lipinski definition) is 1. The Morgan fingerprint density at radius 3 is 2.55 bits per heavy atom. The van der Waals surface area contributed by atoms with Crippen LogP contribution in [0.4, 0.5) is 0 Å². The van der Waals surface area contributed by atoms with Crippen molar-refractivity contribution in [3.05, 3.63) is 48.0 Å². The van der Waals surface area contributed by atoms with Gasteiger partial charge in [-0.2, -0.15) is 0 Å². The zero-order valence-corrected chi connectivity index (χ0v) is 19.5. The first-order valence-corrected chi connectivity index (χ1v) is 12.8. The zero-order chi connectivity index (χ0) is 21.5. The monoisotopic (exact) mass is 419 g/mol. The highest BCUT2D eigenvalue weighted by Gasteiger charge is 2.33. The normalized spacial score (nSPS) is 20.2. The predicted molar refractivity (Wildman–Crippen MR) is 133 cm³/mol. The third kappa shape index (κ3) is 5.61. The SMILES string of the molecule is CCCCN1CC(Cc2cccc3ccccc23)N(CCCCC2CCCCC2)C1=N. The Balaban J connectivity index is 1.40. The van der Waals surface area contributed by atoms with Crippen LogP contribution in [0, 0.1) is 11.3 Å². The number of fused-ring (bicyclic) bond motifs is 1. The second-order valence-corrected chi connectivity index (χ2v) is 9.81. The van der Waals surface area contributed by atoms with Gasteiger partial charge in [0.25, 0.3) is 0 Å².